The molecule has 0 fully saturated rings. The van der Waals surface area contributed by atoms with Gasteiger partial charge < -0.3 is 9.32 Å². The average molecular weight is 746 g/mol. The van der Waals surface area contributed by atoms with Crippen molar-refractivity contribution in [2.24, 2.45) is 0 Å². The van der Waals surface area contributed by atoms with Gasteiger partial charge in [-0.3, -0.25) is 0 Å². The maximum Gasteiger partial charge on any atom is 0.143 e. The normalized spacial score (nSPS) is 11.7. The second-order valence-corrected chi connectivity index (χ2v) is 16.1. The molecule has 0 aliphatic carbocycles. The third-order valence-electron chi connectivity index (χ3n) is 11.5. The monoisotopic (exact) mass is 745 g/mol. The van der Waals surface area contributed by atoms with Crippen molar-refractivity contribution in [2.75, 3.05) is 4.90 Å². The molecule has 58 heavy (non-hydrogen) atoms. The van der Waals surface area contributed by atoms with Crippen LogP contribution in [-0.4, -0.2) is 0 Å². The van der Waals surface area contributed by atoms with E-state index in [-0.39, 0.29) is 5.41 Å². The summed E-state index contributed by atoms with van der Waals surface area (Å²) in [7, 11) is 0. The molecule has 2 nitrogen and oxygen atoms in total. The molecule has 0 unspecified atom stereocenters. The van der Waals surface area contributed by atoms with Crippen LogP contribution in [0.4, 0.5) is 17.1 Å². The minimum Gasteiger partial charge on any atom is -0.455 e. The van der Waals surface area contributed by atoms with Crippen molar-refractivity contribution >= 4 is 49.8 Å². The van der Waals surface area contributed by atoms with E-state index in [1.807, 2.05) is 12.1 Å². The third-order valence-corrected chi connectivity index (χ3v) is 11.5. The zero-order valence-corrected chi connectivity index (χ0v) is 33.0. The molecule has 9 aromatic carbocycles. The molecule has 0 aliphatic rings. The van der Waals surface area contributed by atoms with Crippen LogP contribution in [0.3, 0.4) is 0 Å². The SMILES string of the molecule is CC(C)(C)c1ccc(-c2ccccc2)c(N(c2ccc(-c3cccc4c3oc3ccccc34)cc2)c2ccccc2-c2cccc3cccc(-c4ccccc4)c23)c1. The van der Waals surface area contributed by atoms with Gasteiger partial charge in [0, 0.05) is 33.2 Å². The Bertz CT molecular complexity index is 3070. The van der Waals surface area contributed by atoms with Crippen LogP contribution in [0, 0.1) is 0 Å². The minimum atomic E-state index is -0.0650. The Morgan fingerprint density at radius 1 is 0.397 bits per heavy atom. The van der Waals surface area contributed by atoms with Crippen LogP contribution in [0.15, 0.2) is 211 Å². The van der Waals surface area contributed by atoms with E-state index >= 15 is 0 Å². The standard InChI is InChI=1S/C56H43NO/c1-56(2,3)42-33-36-44(38-17-6-4-7-18-38)52(37-42)57(43-34-31-40(32-35-43)46-26-16-28-50-48-24-11-13-30-53(48)58-55(46)50)51-29-12-10-23-47(51)49-27-15-22-41-21-14-25-45(54(41)49)39-19-8-5-9-20-39/h4-37H,1-3H3. The Morgan fingerprint density at radius 2 is 0.966 bits per heavy atom. The van der Waals surface area contributed by atoms with Crippen LogP contribution in [0.1, 0.15) is 26.3 Å². The van der Waals surface area contributed by atoms with Crippen molar-refractivity contribution in [3.8, 4) is 44.5 Å². The molecule has 0 N–H and O–H groups in total. The smallest absolute Gasteiger partial charge is 0.143 e. The Kier molecular flexibility index (Phi) is 8.76. The van der Waals surface area contributed by atoms with Crippen molar-refractivity contribution in [3.63, 3.8) is 0 Å². The Hall–Kier alpha value is -7.16. The first kappa shape index (κ1) is 35.3. The lowest BCUT2D eigenvalue weighted by molar-refractivity contribution is 0.590. The van der Waals surface area contributed by atoms with Crippen LogP contribution in [0.25, 0.3) is 77.2 Å². The van der Waals surface area contributed by atoms with Crippen LogP contribution < -0.4 is 4.90 Å². The summed E-state index contributed by atoms with van der Waals surface area (Å²) in [4.78, 5) is 2.47. The number of anilines is 3. The summed E-state index contributed by atoms with van der Waals surface area (Å²) in [5.74, 6) is 0. The second kappa shape index (κ2) is 14.4. The maximum absolute atomic E-state index is 6.50. The lowest BCUT2D eigenvalue weighted by Crippen LogP contribution is -2.16. The summed E-state index contributed by atoms with van der Waals surface area (Å²) in [6.45, 7) is 6.88. The van der Waals surface area contributed by atoms with Gasteiger partial charge in [-0.05, 0) is 79.9 Å². The average Bonchev–Trinajstić information content (AvgIpc) is 3.66. The zero-order valence-electron chi connectivity index (χ0n) is 33.0. The fraction of sp³-hybridized carbons (Fsp3) is 0.0714. The highest BCUT2D eigenvalue weighted by molar-refractivity contribution is 6.11. The molecule has 278 valence electrons. The lowest BCUT2D eigenvalue weighted by atomic mass is 9.85. The van der Waals surface area contributed by atoms with Crippen molar-refractivity contribution in [2.45, 2.75) is 26.2 Å². The van der Waals surface area contributed by atoms with Crippen molar-refractivity contribution < 1.29 is 4.42 Å². The fourth-order valence-corrected chi connectivity index (χ4v) is 8.54. The molecule has 0 radical (unpaired) electrons. The Morgan fingerprint density at radius 3 is 1.71 bits per heavy atom. The second-order valence-electron chi connectivity index (χ2n) is 16.1. The molecular weight excluding hydrogens is 703 g/mol. The minimum absolute atomic E-state index is 0.0650. The van der Waals surface area contributed by atoms with Gasteiger partial charge in [0.25, 0.3) is 0 Å². The van der Waals surface area contributed by atoms with E-state index in [1.54, 1.807) is 0 Å². The molecule has 2 heteroatoms. The summed E-state index contributed by atoms with van der Waals surface area (Å²) >= 11 is 0. The third kappa shape index (κ3) is 6.24. The molecule has 0 bridgehead atoms. The van der Waals surface area contributed by atoms with E-state index in [0.29, 0.717) is 0 Å². The van der Waals surface area contributed by atoms with Crippen molar-refractivity contribution in [3.05, 3.63) is 212 Å². The molecule has 10 rings (SSSR count). The number of rotatable bonds is 7. The number of hydrogen-bond acceptors (Lipinski definition) is 2. The highest BCUT2D eigenvalue weighted by Gasteiger charge is 2.25. The van der Waals surface area contributed by atoms with E-state index in [0.717, 1.165) is 55.7 Å². The molecule has 0 spiro atoms. The Balaban J connectivity index is 1.22. The first-order valence-corrected chi connectivity index (χ1v) is 20.1. The van der Waals surface area contributed by atoms with Gasteiger partial charge in [-0.2, -0.15) is 0 Å². The van der Waals surface area contributed by atoms with Crippen molar-refractivity contribution in [1.29, 1.82) is 0 Å². The molecule has 0 saturated heterocycles. The molecule has 1 aromatic heterocycles. The fourth-order valence-electron chi connectivity index (χ4n) is 8.54. The highest BCUT2D eigenvalue weighted by Crippen LogP contribution is 2.48. The molecule has 0 aliphatic heterocycles. The number of hydrogen-bond donors (Lipinski definition) is 0. The summed E-state index contributed by atoms with van der Waals surface area (Å²) in [6.07, 6.45) is 0. The van der Waals surface area contributed by atoms with Gasteiger partial charge in [0.1, 0.15) is 11.2 Å². The van der Waals surface area contributed by atoms with Crippen molar-refractivity contribution in [1.82, 2.24) is 0 Å². The van der Waals surface area contributed by atoms with E-state index < -0.39 is 0 Å². The summed E-state index contributed by atoms with van der Waals surface area (Å²) in [5, 5.41) is 4.72. The van der Waals surface area contributed by atoms with E-state index in [9.17, 15) is 0 Å². The first-order chi connectivity index (χ1) is 28.4. The number of para-hydroxylation sites is 3. The molecule has 0 amide bonds. The van der Waals surface area contributed by atoms with E-state index in [2.05, 4.69) is 220 Å². The van der Waals surface area contributed by atoms with Crippen LogP contribution >= 0.6 is 0 Å². The highest BCUT2D eigenvalue weighted by atomic mass is 16.3. The first-order valence-electron chi connectivity index (χ1n) is 20.1. The summed E-state index contributed by atoms with van der Waals surface area (Å²) in [5.41, 5.74) is 15.6. The predicted octanol–water partition coefficient (Wildman–Crippen LogP) is 16.2. The number of benzene rings is 9. The lowest BCUT2D eigenvalue weighted by Gasteiger charge is -2.32. The van der Waals surface area contributed by atoms with Crippen LogP contribution in [0.2, 0.25) is 0 Å². The van der Waals surface area contributed by atoms with Gasteiger partial charge in [0.15, 0.2) is 0 Å². The van der Waals surface area contributed by atoms with E-state index in [4.69, 9.17) is 4.42 Å². The quantitative estimate of drug-likeness (QED) is 0.162. The topological polar surface area (TPSA) is 16.4 Å². The van der Waals surface area contributed by atoms with Crippen LogP contribution in [-0.2, 0) is 5.41 Å². The molecule has 10 aromatic rings. The molecule has 0 saturated carbocycles. The summed E-state index contributed by atoms with van der Waals surface area (Å²) in [6, 6.07) is 74.6. The van der Waals surface area contributed by atoms with Gasteiger partial charge in [0.2, 0.25) is 0 Å². The largest absolute Gasteiger partial charge is 0.455 e. The molecule has 0 atom stereocenters. The van der Waals surface area contributed by atoms with E-state index in [1.165, 1.54) is 44.2 Å². The Labute approximate surface area is 340 Å². The number of fused-ring (bicyclic) bond motifs is 4. The number of furan rings is 1. The maximum atomic E-state index is 6.50. The zero-order chi connectivity index (χ0) is 39.2. The van der Waals surface area contributed by atoms with Gasteiger partial charge >= 0.3 is 0 Å². The predicted molar refractivity (Wildman–Crippen MR) is 246 cm³/mol. The molecular formula is C56H43NO. The van der Waals surface area contributed by atoms with Gasteiger partial charge in [0.05, 0.1) is 11.4 Å². The van der Waals surface area contributed by atoms with Gasteiger partial charge in [-0.25, -0.2) is 0 Å². The molecule has 1 heterocycles. The summed E-state index contributed by atoms with van der Waals surface area (Å²) < 4.78 is 6.50. The van der Waals surface area contributed by atoms with Gasteiger partial charge in [-0.1, -0.05) is 197 Å². The van der Waals surface area contributed by atoms with Gasteiger partial charge in [-0.15, -0.1) is 0 Å². The van der Waals surface area contributed by atoms with Crippen LogP contribution in [0.5, 0.6) is 0 Å². The number of nitrogens with zero attached hydrogens (tertiary/aromatic N) is 1.